The van der Waals surface area contributed by atoms with E-state index in [4.69, 9.17) is 0 Å². The maximum Gasteiger partial charge on any atom is 0.239 e. The molecule has 0 bridgehead atoms. The molecule has 1 N–H and O–H groups in total. The van der Waals surface area contributed by atoms with Gasteiger partial charge in [-0.2, -0.15) is 0 Å². The van der Waals surface area contributed by atoms with Crippen LogP contribution in [-0.4, -0.2) is 42.1 Å². The molecule has 1 fully saturated rings. The second-order valence-corrected chi connectivity index (χ2v) is 5.74. The first kappa shape index (κ1) is 13.9. The molecule has 1 aliphatic rings. The summed E-state index contributed by atoms with van der Waals surface area (Å²) in [5.74, 6) is 0.264. The largest absolute Gasteiger partial charge is 0.352 e. The summed E-state index contributed by atoms with van der Waals surface area (Å²) in [6.45, 7) is 0.144. The number of likely N-dealkylation sites (N-methyl/N-ethyl adjacent to an activating group) is 1. The number of hydrogen-bond acceptors (Lipinski definition) is 3. The second-order valence-electron chi connectivity index (χ2n) is 4.69. The van der Waals surface area contributed by atoms with Crippen LogP contribution in [0.3, 0.4) is 0 Å². The molecule has 19 heavy (non-hydrogen) atoms. The molecule has 0 unspecified atom stereocenters. The Morgan fingerprint density at radius 3 is 2.63 bits per heavy atom. The lowest BCUT2D eigenvalue weighted by atomic mass is 10.4. The van der Waals surface area contributed by atoms with Crippen molar-refractivity contribution in [1.82, 2.24) is 10.2 Å². The van der Waals surface area contributed by atoms with Crippen LogP contribution < -0.4 is 5.32 Å². The van der Waals surface area contributed by atoms with E-state index in [-0.39, 0.29) is 18.4 Å². The number of nitrogens with one attached hydrogen (secondary N) is 1. The SMILES string of the molecule is CN(CC(=O)NC1CC1)C(=O)CSc1ccccc1. The van der Waals surface area contributed by atoms with Gasteiger partial charge in [0.15, 0.2) is 0 Å². The zero-order valence-electron chi connectivity index (χ0n) is 11.0. The van der Waals surface area contributed by atoms with Crippen molar-refractivity contribution in [3.63, 3.8) is 0 Å². The number of carbonyl (C=O) groups excluding carboxylic acids is 2. The van der Waals surface area contributed by atoms with E-state index in [1.54, 1.807) is 7.05 Å². The van der Waals surface area contributed by atoms with Crippen LogP contribution in [0.25, 0.3) is 0 Å². The molecule has 0 heterocycles. The van der Waals surface area contributed by atoms with E-state index < -0.39 is 0 Å². The number of benzene rings is 1. The predicted octanol–water partition coefficient (Wildman–Crippen LogP) is 1.52. The number of rotatable bonds is 6. The van der Waals surface area contributed by atoms with E-state index >= 15 is 0 Å². The monoisotopic (exact) mass is 278 g/mol. The number of amides is 2. The standard InChI is InChI=1S/C14H18N2O2S/c1-16(9-13(17)15-11-7-8-11)14(18)10-19-12-5-3-2-4-6-12/h2-6,11H,7-10H2,1H3,(H,15,17). The van der Waals surface area contributed by atoms with E-state index in [1.807, 2.05) is 30.3 Å². The summed E-state index contributed by atoms with van der Waals surface area (Å²) >= 11 is 1.49. The lowest BCUT2D eigenvalue weighted by Gasteiger charge is -2.16. The highest BCUT2D eigenvalue weighted by Gasteiger charge is 2.24. The summed E-state index contributed by atoms with van der Waals surface area (Å²) in [6, 6.07) is 10.1. The van der Waals surface area contributed by atoms with Crippen molar-refractivity contribution in [2.75, 3.05) is 19.3 Å². The smallest absolute Gasteiger partial charge is 0.239 e. The van der Waals surface area contributed by atoms with Crippen LogP contribution in [0.15, 0.2) is 35.2 Å². The van der Waals surface area contributed by atoms with Gasteiger partial charge in [-0.3, -0.25) is 9.59 Å². The first-order chi connectivity index (χ1) is 9.15. The Bertz CT molecular complexity index is 446. The molecule has 0 radical (unpaired) electrons. The maximum atomic E-state index is 11.9. The Kier molecular flexibility index (Phi) is 4.85. The van der Waals surface area contributed by atoms with E-state index in [9.17, 15) is 9.59 Å². The molecule has 5 heteroatoms. The average Bonchev–Trinajstić information content (AvgIpc) is 3.20. The van der Waals surface area contributed by atoms with Crippen molar-refractivity contribution in [2.24, 2.45) is 0 Å². The first-order valence-electron chi connectivity index (χ1n) is 6.36. The average molecular weight is 278 g/mol. The first-order valence-corrected chi connectivity index (χ1v) is 7.35. The van der Waals surface area contributed by atoms with E-state index in [1.165, 1.54) is 16.7 Å². The topological polar surface area (TPSA) is 49.4 Å². The van der Waals surface area contributed by atoms with Gasteiger partial charge in [0.2, 0.25) is 11.8 Å². The number of nitrogens with zero attached hydrogens (tertiary/aromatic N) is 1. The molecular formula is C14H18N2O2S. The minimum Gasteiger partial charge on any atom is -0.352 e. The summed E-state index contributed by atoms with van der Waals surface area (Å²) in [5.41, 5.74) is 0. The third-order valence-corrected chi connectivity index (χ3v) is 3.85. The summed E-state index contributed by atoms with van der Waals surface area (Å²) in [7, 11) is 1.67. The van der Waals surface area contributed by atoms with E-state index in [0.29, 0.717) is 11.8 Å². The normalized spacial score (nSPS) is 13.9. The Balaban J connectivity index is 1.71. The van der Waals surface area contributed by atoms with Gasteiger partial charge in [0.05, 0.1) is 12.3 Å². The highest BCUT2D eigenvalue weighted by atomic mass is 32.2. The molecule has 1 aromatic carbocycles. The maximum absolute atomic E-state index is 11.9. The molecule has 1 aliphatic carbocycles. The molecule has 4 nitrogen and oxygen atoms in total. The van der Waals surface area contributed by atoms with Crippen molar-refractivity contribution in [2.45, 2.75) is 23.8 Å². The minimum atomic E-state index is -0.0666. The van der Waals surface area contributed by atoms with Crippen LogP contribution in [0.2, 0.25) is 0 Å². The van der Waals surface area contributed by atoms with Crippen molar-refractivity contribution in [1.29, 1.82) is 0 Å². The van der Waals surface area contributed by atoms with Gasteiger partial charge in [-0.05, 0) is 25.0 Å². The van der Waals surface area contributed by atoms with Gasteiger partial charge in [-0.15, -0.1) is 11.8 Å². The molecule has 0 atom stereocenters. The third-order valence-electron chi connectivity index (χ3n) is 2.85. The number of carbonyl (C=O) groups is 2. The van der Waals surface area contributed by atoms with E-state index in [0.717, 1.165) is 17.7 Å². The van der Waals surface area contributed by atoms with Gasteiger partial charge < -0.3 is 10.2 Å². The highest BCUT2D eigenvalue weighted by molar-refractivity contribution is 8.00. The van der Waals surface area contributed by atoms with Crippen LogP contribution in [0, 0.1) is 0 Å². The molecule has 1 aromatic rings. The number of hydrogen-bond donors (Lipinski definition) is 1. The third kappa shape index (κ3) is 4.95. The highest BCUT2D eigenvalue weighted by Crippen LogP contribution is 2.19. The van der Waals surface area contributed by atoms with Gasteiger partial charge in [-0.25, -0.2) is 0 Å². The van der Waals surface area contributed by atoms with Gasteiger partial charge in [0, 0.05) is 18.0 Å². The van der Waals surface area contributed by atoms with Gasteiger partial charge in [0.1, 0.15) is 0 Å². The van der Waals surface area contributed by atoms with E-state index in [2.05, 4.69) is 5.32 Å². The fraction of sp³-hybridized carbons (Fsp3) is 0.429. The fourth-order valence-electron chi connectivity index (χ4n) is 1.58. The zero-order valence-corrected chi connectivity index (χ0v) is 11.8. The quantitative estimate of drug-likeness (QED) is 0.803. The molecule has 0 saturated heterocycles. The Hall–Kier alpha value is -1.49. The summed E-state index contributed by atoms with van der Waals surface area (Å²) in [5, 5.41) is 2.87. The zero-order chi connectivity index (χ0) is 13.7. The molecule has 1 saturated carbocycles. The Morgan fingerprint density at radius 2 is 2.00 bits per heavy atom. The predicted molar refractivity (Wildman–Crippen MR) is 76.0 cm³/mol. The lowest BCUT2D eigenvalue weighted by Crippen LogP contribution is -2.39. The molecular weight excluding hydrogens is 260 g/mol. The summed E-state index contributed by atoms with van der Waals surface area (Å²) in [6.07, 6.45) is 2.13. The molecule has 0 aliphatic heterocycles. The lowest BCUT2D eigenvalue weighted by molar-refractivity contribution is -0.132. The summed E-state index contributed by atoms with van der Waals surface area (Å²) in [4.78, 5) is 26.0. The van der Waals surface area contributed by atoms with Crippen LogP contribution in [0.1, 0.15) is 12.8 Å². The van der Waals surface area contributed by atoms with Gasteiger partial charge >= 0.3 is 0 Å². The minimum absolute atomic E-state index is 0.0280. The summed E-state index contributed by atoms with van der Waals surface area (Å²) < 4.78 is 0. The van der Waals surface area contributed by atoms with Crippen LogP contribution >= 0.6 is 11.8 Å². The Labute approximate surface area is 117 Å². The van der Waals surface area contributed by atoms with Crippen molar-refractivity contribution in [3.05, 3.63) is 30.3 Å². The molecule has 0 aromatic heterocycles. The van der Waals surface area contributed by atoms with Crippen LogP contribution in [0.4, 0.5) is 0 Å². The second kappa shape index (κ2) is 6.61. The van der Waals surface area contributed by atoms with Crippen LogP contribution in [0.5, 0.6) is 0 Å². The van der Waals surface area contributed by atoms with Gasteiger partial charge in [-0.1, -0.05) is 18.2 Å². The van der Waals surface area contributed by atoms with Gasteiger partial charge in [0.25, 0.3) is 0 Å². The van der Waals surface area contributed by atoms with Crippen molar-refractivity contribution < 1.29 is 9.59 Å². The fourth-order valence-corrected chi connectivity index (χ4v) is 2.44. The molecule has 2 amide bonds. The van der Waals surface area contributed by atoms with Crippen molar-refractivity contribution in [3.8, 4) is 0 Å². The Morgan fingerprint density at radius 1 is 1.32 bits per heavy atom. The van der Waals surface area contributed by atoms with Crippen LogP contribution in [-0.2, 0) is 9.59 Å². The molecule has 2 rings (SSSR count). The molecule has 102 valence electrons. The number of thioether (sulfide) groups is 1. The van der Waals surface area contributed by atoms with Crippen molar-refractivity contribution >= 4 is 23.6 Å². The molecule has 0 spiro atoms.